The van der Waals surface area contributed by atoms with E-state index < -0.39 is 0 Å². The Labute approximate surface area is 101 Å². The van der Waals surface area contributed by atoms with E-state index in [0.717, 1.165) is 0 Å². The van der Waals surface area contributed by atoms with E-state index >= 15 is 0 Å². The molecular weight excluding hydrogens is 222 g/mol. The van der Waals surface area contributed by atoms with Gasteiger partial charge < -0.3 is 24.7 Å². The maximum absolute atomic E-state index is 5.63. The van der Waals surface area contributed by atoms with Crippen LogP contribution < -0.4 is 24.7 Å². The summed E-state index contributed by atoms with van der Waals surface area (Å²) in [4.78, 5) is 0. The van der Waals surface area contributed by atoms with Gasteiger partial charge in [0.15, 0.2) is 11.5 Å². The Hall–Kier alpha value is -1.62. The average molecular weight is 241 g/mol. The average Bonchev–Trinajstić information content (AvgIpc) is 2.34. The fraction of sp³-hybridized carbons (Fsp3) is 0.500. The molecule has 0 radical (unpaired) electrons. The van der Waals surface area contributed by atoms with E-state index in [0.29, 0.717) is 29.6 Å². The SMILES string of the molecule is COc1cc(OC[C@@H](C)N)cc(OC)c1OC. The van der Waals surface area contributed by atoms with Gasteiger partial charge in [-0.25, -0.2) is 0 Å². The molecule has 1 rings (SSSR count). The lowest BCUT2D eigenvalue weighted by Crippen LogP contribution is -2.23. The number of methoxy groups -OCH3 is 3. The minimum absolute atomic E-state index is 0.0332. The lowest BCUT2D eigenvalue weighted by atomic mass is 10.2. The molecule has 1 atom stereocenters. The van der Waals surface area contributed by atoms with E-state index in [1.807, 2.05) is 6.92 Å². The third-order valence-corrected chi connectivity index (χ3v) is 2.15. The van der Waals surface area contributed by atoms with Gasteiger partial charge in [0.25, 0.3) is 0 Å². The smallest absolute Gasteiger partial charge is 0.203 e. The normalized spacial score (nSPS) is 11.8. The van der Waals surface area contributed by atoms with Crippen LogP contribution in [0.25, 0.3) is 0 Å². The summed E-state index contributed by atoms with van der Waals surface area (Å²) in [5.41, 5.74) is 5.63. The second kappa shape index (κ2) is 6.20. The Kier molecular flexibility index (Phi) is 4.90. The second-order valence-corrected chi connectivity index (χ2v) is 3.65. The molecule has 5 heteroatoms. The molecule has 0 fully saturated rings. The van der Waals surface area contributed by atoms with Gasteiger partial charge in [-0.3, -0.25) is 0 Å². The quantitative estimate of drug-likeness (QED) is 0.816. The maximum atomic E-state index is 5.63. The number of rotatable bonds is 6. The van der Waals surface area contributed by atoms with Crippen molar-refractivity contribution in [3.05, 3.63) is 12.1 Å². The highest BCUT2D eigenvalue weighted by Crippen LogP contribution is 2.40. The molecule has 96 valence electrons. The molecule has 0 spiro atoms. The maximum Gasteiger partial charge on any atom is 0.203 e. The standard InChI is InChI=1S/C12H19NO4/c1-8(13)7-17-9-5-10(14-2)12(16-4)11(6-9)15-3/h5-6,8H,7,13H2,1-4H3/t8-/m1/s1. The van der Waals surface area contributed by atoms with Gasteiger partial charge >= 0.3 is 0 Å². The van der Waals surface area contributed by atoms with Gasteiger partial charge in [-0.05, 0) is 6.92 Å². The molecule has 0 aliphatic heterocycles. The van der Waals surface area contributed by atoms with Crippen LogP contribution in [0, 0.1) is 0 Å². The number of benzene rings is 1. The largest absolute Gasteiger partial charge is 0.493 e. The highest BCUT2D eigenvalue weighted by atomic mass is 16.5. The summed E-state index contributed by atoms with van der Waals surface area (Å²) >= 11 is 0. The summed E-state index contributed by atoms with van der Waals surface area (Å²) in [7, 11) is 4.68. The Morgan fingerprint density at radius 1 is 1.06 bits per heavy atom. The summed E-state index contributed by atoms with van der Waals surface area (Å²) in [5.74, 6) is 2.30. The predicted molar refractivity (Wildman–Crippen MR) is 65.2 cm³/mol. The van der Waals surface area contributed by atoms with Crippen LogP contribution >= 0.6 is 0 Å². The summed E-state index contributed by atoms with van der Waals surface area (Å²) in [6.45, 7) is 2.30. The van der Waals surface area contributed by atoms with Crippen LogP contribution in [-0.2, 0) is 0 Å². The van der Waals surface area contributed by atoms with E-state index in [9.17, 15) is 0 Å². The molecule has 2 N–H and O–H groups in total. The zero-order valence-electron chi connectivity index (χ0n) is 10.6. The molecule has 17 heavy (non-hydrogen) atoms. The van der Waals surface area contributed by atoms with Crippen molar-refractivity contribution in [1.29, 1.82) is 0 Å². The number of ether oxygens (including phenoxy) is 4. The highest BCUT2D eigenvalue weighted by Gasteiger charge is 2.13. The van der Waals surface area contributed by atoms with Crippen molar-refractivity contribution >= 4 is 0 Å². The fourth-order valence-electron chi connectivity index (χ4n) is 1.37. The highest BCUT2D eigenvalue weighted by molar-refractivity contribution is 5.55. The van der Waals surface area contributed by atoms with Gasteiger partial charge in [-0.1, -0.05) is 0 Å². The van der Waals surface area contributed by atoms with Gasteiger partial charge in [-0.15, -0.1) is 0 Å². The summed E-state index contributed by atoms with van der Waals surface area (Å²) < 4.78 is 21.1. The van der Waals surface area contributed by atoms with Gasteiger partial charge in [0.1, 0.15) is 12.4 Å². The Balaban J connectivity index is 3.00. The molecule has 1 aromatic rings. The monoisotopic (exact) mass is 241 g/mol. The molecule has 5 nitrogen and oxygen atoms in total. The van der Waals surface area contributed by atoms with Crippen LogP contribution in [0.2, 0.25) is 0 Å². The summed E-state index contributed by atoms with van der Waals surface area (Å²) in [6, 6.07) is 3.45. The van der Waals surface area contributed by atoms with Gasteiger partial charge in [0.05, 0.1) is 21.3 Å². The first-order valence-electron chi connectivity index (χ1n) is 5.30. The molecular formula is C12H19NO4. The van der Waals surface area contributed by atoms with E-state index in [4.69, 9.17) is 24.7 Å². The number of nitrogens with two attached hydrogens (primary N) is 1. The van der Waals surface area contributed by atoms with Crippen molar-refractivity contribution in [1.82, 2.24) is 0 Å². The molecule has 0 amide bonds. The van der Waals surface area contributed by atoms with E-state index in [2.05, 4.69) is 0 Å². The van der Waals surface area contributed by atoms with Crippen molar-refractivity contribution in [3.8, 4) is 23.0 Å². The molecule has 0 aliphatic rings. The molecule has 1 aromatic carbocycles. The molecule has 0 unspecified atom stereocenters. The van der Waals surface area contributed by atoms with Crippen LogP contribution in [-0.4, -0.2) is 34.0 Å². The number of hydrogen-bond acceptors (Lipinski definition) is 5. The predicted octanol–water partition coefficient (Wildman–Crippen LogP) is 1.44. The molecule has 0 bridgehead atoms. The minimum atomic E-state index is -0.0332. The third-order valence-electron chi connectivity index (χ3n) is 2.15. The van der Waals surface area contributed by atoms with Crippen molar-refractivity contribution < 1.29 is 18.9 Å². The van der Waals surface area contributed by atoms with Crippen LogP contribution in [0.4, 0.5) is 0 Å². The zero-order chi connectivity index (χ0) is 12.8. The van der Waals surface area contributed by atoms with Gasteiger partial charge in [-0.2, -0.15) is 0 Å². The first-order valence-corrected chi connectivity index (χ1v) is 5.30. The van der Waals surface area contributed by atoms with Gasteiger partial charge in [0, 0.05) is 18.2 Å². The van der Waals surface area contributed by atoms with E-state index in [-0.39, 0.29) is 6.04 Å². The van der Waals surface area contributed by atoms with Crippen molar-refractivity contribution in [2.24, 2.45) is 5.73 Å². The van der Waals surface area contributed by atoms with Crippen molar-refractivity contribution in [2.45, 2.75) is 13.0 Å². The fourth-order valence-corrected chi connectivity index (χ4v) is 1.37. The molecule has 0 saturated carbocycles. The Morgan fingerprint density at radius 3 is 1.94 bits per heavy atom. The van der Waals surface area contributed by atoms with E-state index in [1.165, 1.54) is 0 Å². The first-order chi connectivity index (χ1) is 8.12. The molecule has 0 aliphatic carbocycles. The molecule has 0 aromatic heterocycles. The summed E-state index contributed by atoms with van der Waals surface area (Å²) in [6.07, 6.45) is 0. The van der Waals surface area contributed by atoms with Gasteiger partial charge in [0.2, 0.25) is 5.75 Å². The van der Waals surface area contributed by atoms with Crippen molar-refractivity contribution in [2.75, 3.05) is 27.9 Å². The lowest BCUT2D eigenvalue weighted by molar-refractivity contribution is 0.285. The van der Waals surface area contributed by atoms with E-state index in [1.54, 1.807) is 33.5 Å². The Morgan fingerprint density at radius 2 is 1.59 bits per heavy atom. The zero-order valence-corrected chi connectivity index (χ0v) is 10.6. The lowest BCUT2D eigenvalue weighted by Gasteiger charge is -2.15. The van der Waals surface area contributed by atoms with Crippen LogP contribution in [0.5, 0.6) is 23.0 Å². The molecule has 0 saturated heterocycles. The van der Waals surface area contributed by atoms with Crippen LogP contribution in [0.1, 0.15) is 6.92 Å². The first kappa shape index (κ1) is 13.4. The summed E-state index contributed by atoms with van der Waals surface area (Å²) in [5, 5.41) is 0. The van der Waals surface area contributed by atoms with Crippen LogP contribution in [0.3, 0.4) is 0 Å². The minimum Gasteiger partial charge on any atom is -0.493 e. The topological polar surface area (TPSA) is 62.9 Å². The van der Waals surface area contributed by atoms with Crippen LogP contribution in [0.15, 0.2) is 12.1 Å². The van der Waals surface area contributed by atoms with Crippen molar-refractivity contribution in [3.63, 3.8) is 0 Å². The number of hydrogen-bond donors (Lipinski definition) is 1. The molecule has 0 heterocycles. The Bertz CT molecular complexity index is 341. The third kappa shape index (κ3) is 3.42. The second-order valence-electron chi connectivity index (χ2n) is 3.65.